The van der Waals surface area contributed by atoms with E-state index in [0.717, 1.165) is 0 Å². The van der Waals surface area contributed by atoms with Crippen molar-refractivity contribution >= 4 is 17.5 Å². The van der Waals surface area contributed by atoms with E-state index >= 15 is 0 Å². The normalized spacial score (nSPS) is 10.8. The molecule has 0 atom stereocenters. The summed E-state index contributed by atoms with van der Waals surface area (Å²) >= 11 is 6.02. The SMILES string of the molecule is Nc1onc(-c2cn[nH]n2)c1-c1c(F)cccc1Cl. The summed E-state index contributed by atoms with van der Waals surface area (Å²) in [5.41, 5.74) is 6.75. The summed E-state index contributed by atoms with van der Waals surface area (Å²) in [6.07, 6.45) is 1.43. The maximum absolute atomic E-state index is 14.0. The number of aromatic amines is 1. The summed E-state index contributed by atoms with van der Waals surface area (Å²) in [6, 6.07) is 4.33. The van der Waals surface area contributed by atoms with Crippen LogP contribution in [0.15, 0.2) is 28.9 Å². The Morgan fingerprint density at radius 2 is 2.16 bits per heavy atom. The van der Waals surface area contributed by atoms with Crippen molar-refractivity contribution in [3.8, 4) is 22.5 Å². The average Bonchev–Trinajstić information content (AvgIpc) is 2.99. The second kappa shape index (κ2) is 4.36. The molecule has 2 aromatic heterocycles. The average molecular weight is 280 g/mol. The van der Waals surface area contributed by atoms with E-state index in [0.29, 0.717) is 5.69 Å². The number of hydrogen-bond acceptors (Lipinski definition) is 5. The molecule has 0 fully saturated rings. The summed E-state index contributed by atoms with van der Waals surface area (Å²) < 4.78 is 18.9. The van der Waals surface area contributed by atoms with Gasteiger partial charge >= 0.3 is 0 Å². The molecule has 96 valence electrons. The maximum Gasteiger partial charge on any atom is 0.230 e. The second-order valence-corrected chi connectivity index (χ2v) is 4.13. The van der Waals surface area contributed by atoms with Crippen molar-refractivity contribution in [2.24, 2.45) is 0 Å². The monoisotopic (exact) mass is 279 g/mol. The fourth-order valence-corrected chi connectivity index (χ4v) is 2.03. The Kier molecular flexibility index (Phi) is 2.68. The molecular weight excluding hydrogens is 273 g/mol. The van der Waals surface area contributed by atoms with E-state index in [-0.39, 0.29) is 27.7 Å². The molecule has 19 heavy (non-hydrogen) atoms. The molecular formula is C11H7ClFN5O. The van der Waals surface area contributed by atoms with Crippen LogP contribution in [0.25, 0.3) is 22.5 Å². The summed E-state index contributed by atoms with van der Waals surface area (Å²) in [5.74, 6) is -0.558. The van der Waals surface area contributed by atoms with Gasteiger partial charge in [0.25, 0.3) is 0 Å². The first-order chi connectivity index (χ1) is 9.18. The van der Waals surface area contributed by atoms with Gasteiger partial charge in [0.2, 0.25) is 5.88 Å². The Morgan fingerprint density at radius 1 is 1.32 bits per heavy atom. The van der Waals surface area contributed by atoms with Gasteiger partial charge in [-0.15, -0.1) is 0 Å². The molecule has 0 spiro atoms. The Bertz CT molecular complexity index is 705. The smallest absolute Gasteiger partial charge is 0.230 e. The van der Waals surface area contributed by atoms with Gasteiger partial charge in [0.05, 0.1) is 16.8 Å². The van der Waals surface area contributed by atoms with E-state index in [1.165, 1.54) is 18.3 Å². The van der Waals surface area contributed by atoms with Gasteiger partial charge in [-0.3, -0.25) is 0 Å². The molecule has 0 amide bonds. The third-order valence-electron chi connectivity index (χ3n) is 2.59. The Morgan fingerprint density at radius 3 is 2.84 bits per heavy atom. The predicted octanol–water partition coefficient (Wildman–Crippen LogP) is 2.50. The molecule has 2 heterocycles. The number of benzene rings is 1. The van der Waals surface area contributed by atoms with Gasteiger partial charge in [-0.2, -0.15) is 15.4 Å². The zero-order chi connectivity index (χ0) is 13.4. The summed E-state index contributed by atoms with van der Waals surface area (Å²) in [6.45, 7) is 0. The van der Waals surface area contributed by atoms with Crippen LogP contribution < -0.4 is 5.73 Å². The number of H-pyrrole nitrogens is 1. The van der Waals surface area contributed by atoms with Crippen molar-refractivity contribution in [3.63, 3.8) is 0 Å². The molecule has 0 unspecified atom stereocenters. The highest BCUT2D eigenvalue weighted by molar-refractivity contribution is 6.33. The number of anilines is 1. The van der Waals surface area contributed by atoms with Gasteiger partial charge < -0.3 is 10.3 Å². The Hall–Kier alpha value is -2.41. The number of nitrogens with one attached hydrogen (secondary N) is 1. The molecule has 0 aliphatic rings. The largest absolute Gasteiger partial charge is 0.367 e. The van der Waals surface area contributed by atoms with Crippen LogP contribution >= 0.6 is 11.6 Å². The fraction of sp³-hybridized carbons (Fsp3) is 0. The number of rotatable bonds is 2. The van der Waals surface area contributed by atoms with E-state index < -0.39 is 5.82 Å². The van der Waals surface area contributed by atoms with Crippen molar-refractivity contribution < 1.29 is 8.91 Å². The first-order valence-electron chi connectivity index (χ1n) is 5.24. The number of hydrogen-bond donors (Lipinski definition) is 2. The molecule has 0 radical (unpaired) electrons. The van der Waals surface area contributed by atoms with Gasteiger partial charge in [0, 0.05) is 5.56 Å². The second-order valence-electron chi connectivity index (χ2n) is 3.72. The summed E-state index contributed by atoms with van der Waals surface area (Å²) in [4.78, 5) is 0. The van der Waals surface area contributed by atoms with E-state index in [4.69, 9.17) is 21.9 Å². The molecule has 3 rings (SSSR count). The predicted molar refractivity (Wildman–Crippen MR) is 66.7 cm³/mol. The topological polar surface area (TPSA) is 93.6 Å². The minimum Gasteiger partial charge on any atom is -0.367 e. The van der Waals surface area contributed by atoms with Crippen LogP contribution in [0, 0.1) is 5.82 Å². The third-order valence-corrected chi connectivity index (χ3v) is 2.90. The van der Waals surface area contributed by atoms with Crippen LogP contribution in [-0.2, 0) is 0 Å². The number of halogens is 2. The molecule has 8 heteroatoms. The molecule has 3 aromatic rings. The fourth-order valence-electron chi connectivity index (χ4n) is 1.77. The van der Waals surface area contributed by atoms with Crippen LogP contribution in [0.4, 0.5) is 10.3 Å². The lowest BCUT2D eigenvalue weighted by molar-refractivity contribution is 0.439. The first kappa shape index (κ1) is 11.7. The molecule has 3 N–H and O–H groups in total. The molecule has 0 saturated heterocycles. The molecule has 0 aliphatic heterocycles. The Balaban J connectivity index is 2.29. The Labute approximate surface area is 111 Å². The van der Waals surface area contributed by atoms with E-state index in [9.17, 15) is 4.39 Å². The lowest BCUT2D eigenvalue weighted by Crippen LogP contribution is -1.92. The number of nitrogens with zero attached hydrogens (tertiary/aromatic N) is 3. The van der Waals surface area contributed by atoms with Gasteiger partial charge in [0.15, 0.2) is 0 Å². The molecule has 0 aliphatic carbocycles. The van der Waals surface area contributed by atoms with Crippen LogP contribution in [-0.4, -0.2) is 20.6 Å². The van der Waals surface area contributed by atoms with Gasteiger partial charge in [0.1, 0.15) is 17.2 Å². The summed E-state index contributed by atoms with van der Waals surface area (Å²) in [7, 11) is 0. The first-order valence-corrected chi connectivity index (χ1v) is 5.62. The van der Waals surface area contributed by atoms with Gasteiger partial charge in [-0.05, 0) is 12.1 Å². The standard InChI is InChI=1S/C11H7ClFN5O/c12-5-2-1-3-6(13)8(5)9-10(17-19-11(9)14)7-4-15-18-16-7/h1-4H,14H2,(H,15,16,18). The molecule has 0 bridgehead atoms. The zero-order valence-corrected chi connectivity index (χ0v) is 10.1. The number of nitrogens with two attached hydrogens (primary N) is 1. The highest BCUT2D eigenvalue weighted by atomic mass is 35.5. The highest BCUT2D eigenvalue weighted by Gasteiger charge is 2.23. The lowest BCUT2D eigenvalue weighted by atomic mass is 10.0. The van der Waals surface area contributed by atoms with Crippen molar-refractivity contribution in [3.05, 3.63) is 35.2 Å². The van der Waals surface area contributed by atoms with Gasteiger partial charge in [-0.25, -0.2) is 4.39 Å². The zero-order valence-electron chi connectivity index (χ0n) is 9.39. The number of nitrogen functional groups attached to an aromatic ring is 1. The van der Waals surface area contributed by atoms with Crippen molar-refractivity contribution in [2.45, 2.75) is 0 Å². The van der Waals surface area contributed by atoms with Gasteiger partial charge in [-0.1, -0.05) is 22.8 Å². The van der Waals surface area contributed by atoms with E-state index in [2.05, 4.69) is 20.6 Å². The van der Waals surface area contributed by atoms with Crippen LogP contribution in [0.3, 0.4) is 0 Å². The van der Waals surface area contributed by atoms with Crippen molar-refractivity contribution in [1.29, 1.82) is 0 Å². The van der Waals surface area contributed by atoms with Crippen LogP contribution in [0.5, 0.6) is 0 Å². The van der Waals surface area contributed by atoms with E-state index in [1.54, 1.807) is 6.07 Å². The molecule has 1 aromatic carbocycles. The summed E-state index contributed by atoms with van der Waals surface area (Å²) in [5, 5.41) is 13.9. The quantitative estimate of drug-likeness (QED) is 0.751. The van der Waals surface area contributed by atoms with Crippen LogP contribution in [0.1, 0.15) is 0 Å². The molecule has 6 nitrogen and oxygen atoms in total. The van der Waals surface area contributed by atoms with Crippen molar-refractivity contribution in [1.82, 2.24) is 20.6 Å². The van der Waals surface area contributed by atoms with Crippen molar-refractivity contribution in [2.75, 3.05) is 5.73 Å². The van der Waals surface area contributed by atoms with E-state index in [1.807, 2.05) is 0 Å². The van der Waals surface area contributed by atoms with Crippen LogP contribution in [0.2, 0.25) is 5.02 Å². The lowest BCUT2D eigenvalue weighted by Gasteiger charge is -2.04. The third kappa shape index (κ3) is 1.84. The minimum absolute atomic E-state index is 0.0370. The maximum atomic E-state index is 14.0. The highest BCUT2D eigenvalue weighted by Crippen LogP contribution is 2.40. The molecule has 0 saturated carbocycles. The number of aromatic nitrogens is 4. The minimum atomic E-state index is -0.521.